The van der Waals surface area contributed by atoms with E-state index < -0.39 is 16.1 Å². The summed E-state index contributed by atoms with van der Waals surface area (Å²) in [7, 11) is -2.26. The molecular weight excluding hydrogens is 302 g/mol. The summed E-state index contributed by atoms with van der Waals surface area (Å²) in [6, 6.07) is 3.72. The van der Waals surface area contributed by atoms with Crippen molar-refractivity contribution in [1.82, 2.24) is 4.72 Å². The van der Waals surface area contributed by atoms with Crippen LogP contribution in [-0.2, 0) is 10.0 Å². The maximum atomic E-state index is 12.2. The number of aliphatic hydroxyl groups is 1. The van der Waals surface area contributed by atoms with Gasteiger partial charge >= 0.3 is 0 Å². The molecule has 1 atom stereocenters. The Balaban J connectivity index is 2.95. The SMILES string of the molecule is COc1ccc(S(=O)(=O)NC(CO)CC(C)C)cc1Cl. The summed E-state index contributed by atoms with van der Waals surface area (Å²) < 4.78 is 31.9. The lowest BCUT2D eigenvalue weighted by atomic mass is 10.1. The molecule has 0 aliphatic heterocycles. The van der Waals surface area contributed by atoms with E-state index in [1.165, 1.54) is 25.3 Å². The van der Waals surface area contributed by atoms with Crippen molar-refractivity contribution in [1.29, 1.82) is 0 Å². The Bertz CT molecular complexity index is 545. The molecule has 0 saturated carbocycles. The highest BCUT2D eigenvalue weighted by atomic mass is 35.5. The van der Waals surface area contributed by atoms with Gasteiger partial charge in [0.05, 0.1) is 23.6 Å². The predicted octanol–water partition coefficient (Wildman–Crippen LogP) is 2.03. The fraction of sp³-hybridized carbons (Fsp3) is 0.538. The second-order valence-corrected chi connectivity index (χ2v) is 7.05. The first-order valence-corrected chi connectivity index (χ1v) is 8.13. The summed E-state index contributed by atoms with van der Waals surface area (Å²) in [5, 5.41) is 9.47. The molecule has 2 N–H and O–H groups in total. The van der Waals surface area contributed by atoms with Crippen molar-refractivity contribution in [2.45, 2.75) is 31.2 Å². The van der Waals surface area contributed by atoms with Crippen molar-refractivity contribution in [3.05, 3.63) is 23.2 Å². The molecule has 0 aromatic heterocycles. The van der Waals surface area contributed by atoms with Crippen molar-refractivity contribution in [2.24, 2.45) is 5.92 Å². The lowest BCUT2D eigenvalue weighted by molar-refractivity contribution is 0.240. The van der Waals surface area contributed by atoms with Gasteiger partial charge in [-0.1, -0.05) is 25.4 Å². The Hall–Kier alpha value is -0.820. The molecule has 20 heavy (non-hydrogen) atoms. The topological polar surface area (TPSA) is 75.6 Å². The first kappa shape index (κ1) is 17.2. The molecule has 114 valence electrons. The number of hydrogen-bond donors (Lipinski definition) is 2. The molecule has 1 unspecified atom stereocenters. The molecule has 0 aliphatic rings. The zero-order valence-corrected chi connectivity index (χ0v) is 13.3. The molecule has 0 heterocycles. The van der Waals surface area contributed by atoms with Crippen LogP contribution in [0.5, 0.6) is 5.75 Å². The predicted molar refractivity (Wildman–Crippen MR) is 78.7 cm³/mol. The van der Waals surface area contributed by atoms with E-state index in [-0.39, 0.29) is 22.4 Å². The Morgan fingerprint density at radius 3 is 2.50 bits per heavy atom. The number of ether oxygens (including phenoxy) is 1. The highest BCUT2D eigenvalue weighted by molar-refractivity contribution is 7.89. The van der Waals surface area contributed by atoms with Gasteiger partial charge in [0, 0.05) is 6.04 Å². The monoisotopic (exact) mass is 321 g/mol. The molecule has 1 aromatic carbocycles. The summed E-state index contributed by atoms with van der Waals surface area (Å²) in [5.74, 6) is 0.681. The van der Waals surface area contributed by atoms with Crippen LogP contribution in [0.3, 0.4) is 0 Å². The Labute approximate surface area is 125 Å². The van der Waals surface area contributed by atoms with Crippen molar-refractivity contribution in [3.63, 3.8) is 0 Å². The van der Waals surface area contributed by atoms with Crippen LogP contribution >= 0.6 is 11.6 Å². The fourth-order valence-electron chi connectivity index (χ4n) is 1.83. The maximum Gasteiger partial charge on any atom is 0.240 e. The number of hydrogen-bond acceptors (Lipinski definition) is 4. The number of halogens is 1. The number of sulfonamides is 1. The standard InChI is InChI=1S/C13H20ClNO4S/c1-9(2)6-10(8-16)15-20(17,18)11-4-5-13(19-3)12(14)7-11/h4-5,7,9-10,15-16H,6,8H2,1-3H3. The van der Waals surface area contributed by atoms with Gasteiger partial charge in [-0.15, -0.1) is 0 Å². The van der Waals surface area contributed by atoms with Crippen LogP contribution < -0.4 is 9.46 Å². The molecule has 5 nitrogen and oxygen atoms in total. The summed E-state index contributed by atoms with van der Waals surface area (Å²) in [6.07, 6.45) is 0.555. The number of methoxy groups -OCH3 is 1. The van der Waals surface area contributed by atoms with E-state index in [0.29, 0.717) is 12.2 Å². The van der Waals surface area contributed by atoms with E-state index in [4.69, 9.17) is 16.3 Å². The fourth-order valence-corrected chi connectivity index (χ4v) is 3.42. The van der Waals surface area contributed by atoms with Gasteiger partial charge < -0.3 is 9.84 Å². The van der Waals surface area contributed by atoms with Crippen LogP contribution in [0, 0.1) is 5.92 Å². The maximum absolute atomic E-state index is 12.2. The van der Waals surface area contributed by atoms with Crippen molar-refractivity contribution >= 4 is 21.6 Å². The molecule has 0 spiro atoms. The van der Waals surface area contributed by atoms with Gasteiger partial charge in [0.25, 0.3) is 0 Å². The van der Waals surface area contributed by atoms with Crippen LogP contribution in [0.15, 0.2) is 23.1 Å². The Kier molecular flexibility index (Phi) is 6.26. The van der Waals surface area contributed by atoms with E-state index in [9.17, 15) is 13.5 Å². The molecule has 1 aromatic rings. The van der Waals surface area contributed by atoms with Crippen molar-refractivity contribution < 1.29 is 18.3 Å². The number of benzene rings is 1. The summed E-state index contributed by atoms with van der Waals surface area (Å²) in [6.45, 7) is 3.67. The Morgan fingerprint density at radius 2 is 2.05 bits per heavy atom. The first-order chi connectivity index (χ1) is 9.30. The van der Waals surface area contributed by atoms with Gasteiger partial charge in [-0.05, 0) is 30.5 Å². The molecule has 0 fully saturated rings. The van der Waals surface area contributed by atoms with Gasteiger partial charge in [-0.2, -0.15) is 0 Å². The minimum Gasteiger partial charge on any atom is -0.495 e. The molecule has 0 bridgehead atoms. The third kappa shape index (κ3) is 4.63. The van der Waals surface area contributed by atoms with Crippen LogP contribution in [0.2, 0.25) is 5.02 Å². The van der Waals surface area contributed by atoms with E-state index in [1.54, 1.807) is 0 Å². The molecular formula is C13H20ClNO4S. The lowest BCUT2D eigenvalue weighted by Crippen LogP contribution is -2.38. The summed E-state index contributed by atoms with van der Waals surface area (Å²) in [5.41, 5.74) is 0. The molecule has 0 radical (unpaired) electrons. The first-order valence-electron chi connectivity index (χ1n) is 6.27. The molecule has 7 heteroatoms. The highest BCUT2D eigenvalue weighted by Crippen LogP contribution is 2.27. The molecule has 0 amide bonds. The second-order valence-electron chi connectivity index (χ2n) is 4.93. The van der Waals surface area contributed by atoms with E-state index >= 15 is 0 Å². The van der Waals surface area contributed by atoms with E-state index in [1.807, 2.05) is 13.8 Å². The molecule has 1 rings (SSSR count). The smallest absolute Gasteiger partial charge is 0.240 e. The minimum atomic E-state index is -3.71. The Morgan fingerprint density at radius 1 is 1.40 bits per heavy atom. The third-order valence-electron chi connectivity index (χ3n) is 2.73. The van der Waals surface area contributed by atoms with Gasteiger partial charge in [-0.3, -0.25) is 0 Å². The quantitative estimate of drug-likeness (QED) is 0.805. The van der Waals surface area contributed by atoms with Gasteiger partial charge in [0.15, 0.2) is 0 Å². The summed E-state index contributed by atoms with van der Waals surface area (Å²) >= 11 is 5.92. The third-order valence-corrected chi connectivity index (χ3v) is 4.55. The van der Waals surface area contributed by atoms with Gasteiger partial charge in [0.1, 0.15) is 5.75 Å². The van der Waals surface area contributed by atoms with E-state index in [0.717, 1.165) is 0 Å². The van der Waals surface area contributed by atoms with Gasteiger partial charge in [-0.25, -0.2) is 13.1 Å². The lowest BCUT2D eigenvalue weighted by Gasteiger charge is -2.18. The van der Waals surface area contributed by atoms with E-state index in [2.05, 4.69) is 4.72 Å². The van der Waals surface area contributed by atoms with Crippen molar-refractivity contribution in [2.75, 3.05) is 13.7 Å². The zero-order valence-electron chi connectivity index (χ0n) is 11.8. The van der Waals surface area contributed by atoms with Crippen LogP contribution in [0.25, 0.3) is 0 Å². The normalized spacial score (nSPS) is 13.5. The van der Waals surface area contributed by atoms with Crippen LogP contribution in [0.1, 0.15) is 20.3 Å². The average Bonchev–Trinajstić information content (AvgIpc) is 2.36. The number of rotatable bonds is 7. The number of nitrogens with one attached hydrogen (secondary N) is 1. The largest absolute Gasteiger partial charge is 0.495 e. The molecule has 0 saturated heterocycles. The van der Waals surface area contributed by atoms with Crippen molar-refractivity contribution in [3.8, 4) is 5.75 Å². The minimum absolute atomic E-state index is 0.0468. The number of aliphatic hydroxyl groups excluding tert-OH is 1. The van der Waals surface area contributed by atoms with Crippen LogP contribution in [-0.4, -0.2) is 33.3 Å². The van der Waals surface area contributed by atoms with Gasteiger partial charge in [0.2, 0.25) is 10.0 Å². The highest BCUT2D eigenvalue weighted by Gasteiger charge is 2.21. The second kappa shape index (κ2) is 7.26. The summed E-state index contributed by atoms with van der Waals surface area (Å²) in [4.78, 5) is 0.0468. The zero-order chi connectivity index (χ0) is 15.3. The van der Waals surface area contributed by atoms with Crippen LogP contribution in [0.4, 0.5) is 0 Å². The average molecular weight is 322 g/mol. The molecule has 0 aliphatic carbocycles.